The van der Waals surface area contributed by atoms with Crippen molar-refractivity contribution in [2.75, 3.05) is 0 Å². The summed E-state index contributed by atoms with van der Waals surface area (Å²) in [6.07, 6.45) is 5.01. The molecular formula is C14H19BrN2OS2. The number of hydrogen-bond donors (Lipinski definition) is 2. The molecule has 0 saturated heterocycles. The number of hydrogen-bond acceptors (Lipinski definition) is 3. The molecular weight excluding hydrogens is 356 g/mol. The van der Waals surface area contributed by atoms with Gasteiger partial charge in [-0.15, -0.1) is 11.3 Å². The van der Waals surface area contributed by atoms with Crippen LogP contribution in [0.1, 0.15) is 49.4 Å². The Labute approximate surface area is 137 Å². The summed E-state index contributed by atoms with van der Waals surface area (Å²) in [6, 6.07) is 1.82. The Hall–Kier alpha value is -0.460. The first-order valence-electron chi connectivity index (χ1n) is 6.83. The summed E-state index contributed by atoms with van der Waals surface area (Å²) >= 11 is 10.1. The highest BCUT2D eigenvalue weighted by atomic mass is 79.9. The van der Waals surface area contributed by atoms with Crippen molar-refractivity contribution in [3.63, 3.8) is 0 Å². The highest BCUT2D eigenvalue weighted by Crippen LogP contribution is 2.34. The molecule has 1 aromatic heterocycles. The maximum atomic E-state index is 12.3. The van der Waals surface area contributed by atoms with Gasteiger partial charge in [0.15, 0.2) is 0 Å². The Morgan fingerprint density at radius 1 is 1.60 bits per heavy atom. The molecule has 1 aromatic rings. The third-order valence-corrected chi connectivity index (χ3v) is 6.09. The number of thiocarbonyl (C=S) groups is 1. The lowest BCUT2D eigenvalue weighted by atomic mass is 9.75. The molecule has 1 fully saturated rings. The van der Waals surface area contributed by atoms with E-state index in [1.165, 1.54) is 17.8 Å². The zero-order valence-electron chi connectivity index (χ0n) is 11.4. The van der Waals surface area contributed by atoms with Crippen molar-refractivity contribution >= 4 is 50.4 Å². The molecule has 1 saturated carbocycles. The second-order valence-electron chi connectivity index (χ2n) is 5.39. The number of halogens is 1. The minimum absolute atomic E-state index is 0.0882. The average Bonchev–Trinajstić information content (AvgIpc) is 2.86. The van der Waals surface area contributed by atoms with Crippen LogP contribution in [0.25, 0.3) is 0 Å². The van der Waals surface area contributed by atoms with Gasteiger partial charge < -0.3 is 11.1 Å². The zero-order chi connectivity index (χ0) is 14.8. The third kappa shape index (κ3) is 3.40. The number of rotatable bonds is 4. The molecule has 2 rings (SSSR count). The van der Waals surface area contributed by atoms with Gasteiger partial charge in [-0.3, -0.25) is 4.79 Å². The molecule has 0 bridgehead atoms. The van der Waals surface area contributed by atoms with Crippen LogP contribution < -0.4 is 11.1 Å². The first kappa shape index (κ1) is 15.9. The van der Waals surface area contributed by atoms with E-state index in [0.717, 1.165) is 35.4 Å². The van der Waals surface area contributed by atoms with E-state index >= 15 is 0 Å². The summed E-state index contributed by atoms with van der Waals surface area (Å²) in [5.74, 6) is 0.638. The number of nitrogens with one attached hydrogen (secondary N) is 1. The van der Waals surface area contributed by atoms with Crippen LogP contribution in [0.4, 0.5) is 0 Å². The van der Waals surface area contributed by atoms with E-state index in [2.05, 4.69) is 28.2 Å². The number of amides is 1. The van der Waals surface area contributed by atoms with E-state index in [4.69, 9.17) is 18.0 Å². The van der Waals surface area contributed by atoms with Crippen LogP contribution in [0.15, 0.2) is 15.2 Å². The molecule has 0 unspecified atom stereocenters. The van der Waals surface area contributed by atoms with Crippen molar-refractivity contribution in [1.82, 2.24) is 5.32 Å². The predicted octanol–water partition coefficient (Wildman–Crippen LogP) is 3.87. The molecule has 110 valence electrons. The van der Waals surface area contributed by atoms with Gasteiger partial charge in [0.1, 0.15) is 0 Å². The largest absolute Gasteiger partial charge is 0.391 e. The maximum absolute atomic E-state index is 12.3. The normalized spacial score (nSPS) is 26.2. The number of thiophene rings is 1. The van der Waals surface area contributed by atoms with Crippen molar-refractivity contribution in [1.29, 1.82) is 0 Å². The molecule has 0 radical (unpaired) electrons. The van der Waals surface area contributed by atoms with Crippen LogP contribution in [0.3, 0.4) is 0 Å². The van der Waals surface area contributed by atoms with Gasteiger partial charge in [-0.25, -0.2) is 0 Å². The molecule has 0 aromatic carbocycles. The summed E-state index contributed by atoms with van der Waals surface area (Å²) in [7, 11) is 0. The molecule has 3 nitrogen and oxygen atoms in total. The fourth-order valence-corrected chi connectivity index (χ4v) is 4.12. The van der Waals surface area contributed by atoms with E-state index in [1.807, 2.05) is 11.4 Å². The maximum Gasteiger partial charge on any atom is 0.252 e. The molecule has 0 atom stereocenters. The van der Waals surface area contributed by atoms with E-state index < -0.39 is 5.54 Å². The summed E-state index contributed by atoms with van der Waals surface area (Å²) in [5, 5.41) is 4.92. The minimum Gasteiger partial charge on any atom is -0.391 e. The highest BCUT2D eigenvalue weighted by molar-refractivity contribution is 9.11. The molecule has 1 heterocycles. The number of carbonyl (C=O) groups excluding carboxylic acids is 1. The smallest absolute Gasteiger partial charge is 0.252 e. The van der Waals surface area contributed by atoms with Crippen LogP contribution >= 0.6 is 39.5 Å². The molecule has 6 heteroatoms. The van der Waals surface area contributed by atoms with Crippen molar-refractivity contribution in [3.8, 4) is 0 Å². The van der Waals surface area contributed by atoms with Crippen molar-refractivity contribution < 1.29 is 4.79 Å². The van der Waals surface area contributed by atoms with Gasteiger partial charge in [-0.1, -0.05) is 25.6 Å². The van der Waals surface area contributed by atoms with Crippen LogP contribution in [0.2, 0.25) is 0 Å². The van der Waals surface area contributed by atoms with Crippen LogP contribution in [-0.2, 0) is 0 Å². The van der Waals surface area contributed by atoms with Gasteiger partial charge in [0, 0.05) is 5.38 Å². The topological polar surface area (TPSA) is 55.1 Å². The number of nitrogens with two attached hydrogens (primary N) is 1. The Balaban J connectivity index is 2.10. The van der Waals surface area contributed by atoms with Crippen molar-refractivity contribution in [3.05, 3.63) is 20.8 Å². The summed E-state index contributed by atoms with van der Waals surface area (Å²) in [5.41, 5.74) is 6.09. The Bertz CT molecular complexity index is 507. The molecule has 0 aliphatic heterocycles. The molecule has 0 spiro atoms. The first-order chi connectivity index (χ1) is 9.47. The minimum atomic E-state index is -0.507. The van der Waals surface area contributed by atoms with Crippen molar-refractivity contribution in [2.24, 2.45) is 11.7 Å². The second kappa shape index (κ2) is 6.54. The van der Waals surface area contributed by atoms with Crippen LogP contribution in [0.5, 0.6) is 0 Å². The first-order valence-corrected chi connectivity index (χ1v) is 8.91. The van der Waals surface area contributed by atoms with Crippen LogP contribution in [-0.4, -0.2) is 16.4 Å². The average molecular weight is 375 g/mol. The lowest BCUT2D eigenvalue weighted by molar-refractivity contribution is 0.0899. The van der Waals surface area contributed by atoms with Gasteiger partial charge in [0.2, 0.25) is 0 Å². The second-order valence-corrected chi connectivity index (χ2v) is 8.12. The molecule has 1 aliphatic carbocycles. The fraction of sp³-hybridized carbons (Fsp3) is 0.571. The standard InChI is InChI=1S/C14H19BrN2OS2/c1-2-9-3-5-14(6-4-9,13(16)19)17-12(18)10-7-11(15)20-8-10/h7-9H,2-6H2,1H3,(H2,16,19)(H,17,18). The van der Waals surface area contributed by atoms with E-state index in [0.29, 0.717) is 10.6 Å². The van der Waals surface area contributed by atoms with Gasteiger partial charge >= 0.3 is 0 Å². The van der Waals surface area contributed by atoms with E-state index in [-0.39, 0.29) is 5.91 Å². The SMILES string of the molecule is CCC1CCC(NC(=O)c2csc(Br)c2)(C(N)=S)CC1. The lowest BCUT2D eigenvalue weighted by Gasteiger charge is -2.39. The Morgan fingerprint density at radius 2 is 2.25 bits per heavy atom. The third-order valence-electron chi connectivity index (χ3n) is 4.19. The Kier molecular flexibility index (Phi) is 5.20. The summed E-state index contributed by atoms with van der Waals surface area (Å²) < 4.78 is 0.946. The fourth-order valence-electron chi connectivity index (χ4n) is 2.73. The summed E-state index contributed by atoms with van der Waals surface area (Å²) in [6.45, 7) is 2.21. The predicted molar refractivity (Wildman–Crippen MR) is 91.3 cm³/mol. The monoisotopic (exact) mass is 374 g/mol. The lowest BCUT2D eigenvalue weighted by Crippen LogP contribution is -2.58. The van der Waals surface area contributed by atoms with E-state index in [9.17, 15) is 4.79 Å². The zero-order valence-corrected chi connectivity index (χ0v) is 14.7. The quantitative estimate of drug-likeness (QED) is 0.786. The van der Waals surface area contributed by atoms with Gasteiger partial charge in [0.05, 0.1) is 19.9 Å². The summed E-state index contributed by atoms with van der Waals surface area (Å²) in [4.78, 5) is 12.8. The van der Waals surface area contributed by atoms with Crippen molar-refractivity contribution in [2.45, 2.75) is 44.6 Å². The van der Waals surface area contributed by atoms with Gasteiger partial charge in [0.25, 0.3) is 5.91 Å². The molecule has 3 N–H and O–H groups in total. The van der Waals surface area contributed by atoms with Crippen LogP contribution in [0, 0.1) is 5.92 Å². The van der Waals surface area contributed by atoms with Gasteiger partial charge in [-0.2, -0.15) is 0 Å². The Morgan fingerprint density at radius 3 is 2.70 bits per heavy atom. The molecule has 20 heavy (non-hydrogen) atoms. The molecule has 1 aliphatic rings. The van der Waals surface area contributed by atoms with Gasteiger partial charge in [-0.05, 0) is 53.6 Å². The molecule has 1 amide bonds. The van der Waals surface area contributed by atoms with E-state index in [1.54, 1.807) is 0 Å². The number of carbonyl (C=O) groups is 1. The highest BCUT2D eigenvalue weighted by Gasteiger charge is 2.39.